The highest BCUT2D eigenvalue weighted by molar-refractivity contribution is 6.37. The van der Waals surface area contributed by atoms with E-state index in [-0.39, 0.29) is 15.9 Å². The first kappa shape index (κ1) is 16.3. The number of pyridine rings is 1. The number of rotatable bonds is 5. The van der Waals surface area contributed by atoms with Gasteiger partial charge in [-0.3, -0.25) is 4.90 Å². The molecule has 7 heteroatoms. The molecule has 0 radical (unpaired) electrons. The van der Waals surface area contributed by atoms with Crippen molar-refractivity contribution >= 4 is 34.9 Å². The van der Waals surface area contributed by atoms with Crippen LogP contribution in [0.4, 0.5) is 5.69 Å². The van der Waals surface area contributed by atoms with Crippen molar-refractivity contribution in [2.24, 2.45) is 0 Å². The first-order valence-electron chi connectivity index (χ1n) is 6.99. The number of nitrogens with one attached hydrogen (secondary N) is 1. The third-order valence-electron chi connectivity index (χ3n) is 3.74. The summed E-state index contributed by atoms with van der Waals surface area (Å²) >= 11 is 12.2. The van der Waals surface area contributed by atoms with E-state index in [4.69, 9.17) is 23.2 Å². The van der Waals surface area contributed by atoms with Crippen LogP contribution in [0.1, 0.15) is 30.3 Å². The van der Waals surface area contributed by atoms with E-state index in [1.165, 1.54) is 13.5 Å². The predicted molar refractivity (Wildman–Crippen MR) is 84.4 cm³/mol. The second-order valence-corrected chi connectivity index (χ2v) is 5.72. The highest BCUT2D eigenvalue weighted by Gasteiger charge is 2.23. The normalized spacial score (nSPS) is 18.8. The smallest absolute Gasteiger partial charge is 0.358 e. The molecule has 0 saturated carbocycles. The highest BCUT2D eigenvalue weighted by Crippen LogP contribution is 2.29. The molecule has 21 heavy (non-hydrogen) atoms. The third-order valence-corrected chi connectivity index (χ3v) is 4.31. The lowest BCUT2D eigenvalue weighted by Gasteiger charge is -2.23. The quantitative estimate of drug-likeness (QED) is 0.663. The number of esters is 1. The van der Waals surface area contributed by atoms with Gasteiger partial charge >= 0.3 is 5.97 Å². The number of ether oxygens (including phenoxy) is 1. The number of hydrogen-bond acceptors (Lipinski definition) is 5. The zero-order valence-electron chi connectivity index (χ0n) is 12.2. The molecule has 5 nitrogen and oxygen atoms in total. The van der Waals surface area contributed by atoms with Crippen LogP contribution in [0.15, 0.2) is 6.07 Å². The van der Waals surface area contributed by atoms with Crippen molar-refractivity contribution in [2.75, 3.05) is 32.1 Å². The molecule has 1 fully saturated rings. The van der Waals surface area contributed by atoms with E-state index in [0.717, 1.165) is 26.1 Å². The van der Waals surface area contributed by atoms with Gasteiger partial charge in [-0.2, -0.15) is 0 Å². The molecule has 0 spiro atoms. The monoisotopic (exact) mass is 331 g/mol. The summed E-state index contributed by atoms with van der Waals surface area (Å²) in [6.45, 7) is 5.07. The topological polar surface area (TPSA) is 54.5 Å². The summed E-state index contributed by atoms with van der Waals surface area (Å²) in [5.74, 6) is -0.596. The fourth-order valence-corrected chi connectivity index (χ4v) is 3.06. The Morgan fingerprint density at radius 2 is 2.33 bits per heavy atom. The minimum atomic E-state index is -0.596. The number of halogens is 2. The van der Waals surface area contributed by atoms with E-state index in [9.17, 15) is 4.79 Å². The second-order valence-electron chi connectivity index (χ2n) is 4.95. The van der Waals surface area contributed by atoms with Gasteiger partial charge in [0, 0.05) is 18.7 Å². The Kier molecular flexibility index (Phi) is 5.67. The van der Waals surface area contributed by atoms with Gasteiger partial charge in [0.15, 0.2) is 5.69 Å². The SMILES string of the molecule is CCN1CCCC1CNc1cc(Cl)nc(C(=O)OC)c1Cl. The molecule has 0 aliphatic carbocycles. The molecule has 2 rings (SSSR count). The largest absolute Gasteiger partial charge is 0.464 e. The van der Waals surface area contributed by atoms with Gasteiger partial charge in [0.05, 0.1) is 17.8 Å². The van der Waals surface area contributed by atoms with E-state index in [1.54, 1.807) is 6.07 Å². The summed E-state index contributed by atoms with van der Waals surface area (Å²) in [6.07, 6.45) is 2.36. The highest BCUT2D eigenvalue weighted by atomic mass is 35.5. The lowest BCUT2D eigenvalue weighted by atomic mass is 10.2. The van der Waals surface area contributed by atoms with Crippen molar-refractivity contribution < 1.29 is 9.53 Å². The minimum Gasteiger partial charge on any atom is -0.464 e. The number of aromatic nitrogens is 1. The summed E-state index contributed by atoms with van der Waals surface area (Å²) in [5, 5.41) is 3.73. The van der Waals surface area contributed by atoms with Crippen LogP contribution in [0.5, 0.6) is 0 Å². The zero-order valence-corrected chi connectivity index (χ0v) is 13.7. The van der Waals surface area contributed by atoms with Gasteiger partial charge in [0.25, 0.3) is 0 Å². The molecule has 1 aliphatic heterocycles. The fourth-order valence-electron chi connectivity index (χ4n) is 2.63. The van der Waals surface area contributed by atoms with E-state index in [2.05, 4.69) is 26.9 Å². The van der Waals surface area contributed by atoms with E-state index in [1.807, 2.05) is 0 Å². The fraction of sp³-hybridized carbons (Fsp3) is 0.571. The maximum absolute atomic E-state index is 11.6. The van der Waals surface area contributed by atoms with Crippen molar-refractivity contribution in [3.63, 3.8) is 0 Å². The lowest BCUT2D eigenvalue weighted by Crippen LogP contribution is -2.34. The van der Waals surface area contributed by atoms with Crippen molar-refractivity contribution in [2.45, 2.75) is 25.8 Å². The van der Waals surface area contributed by atoms with Crippen LogP contribution in [-0.2, 0) is 4.74 Å². The number of carbonyl (C=O) groups excluding carboxylic acids is 1. The van der Waals surface area contributed by atoms with Gasteiger partial charge in [-0.25, -0.2) is 9.78 Å². The number of anilines is 1. The summed E-state index contributed by atoms with van der Waals surface area (Å²) in [5.41, 5.74) is 0.646. The molecule has 116 valence electrons. The number of nitrogens with zero attached hydrogens (tertiary/aromatic N) is 2. The maximum atomic E-state index is 11.6. The van der Waals surface area contributed by atoms with Gasteiger partial charge < -0.3 is 10.1 Å². The predicted octanol–water partition coefficient (Wildman–Crippen LogP) is 3.07. The molecule has 1 aromatic heterocycles. The van der Waals surface area contributed by atoms with Crippen molar-refractivity contribution in [3.8, 4) is 0 Å². The average molecular weight is 332 g/mol. The Morgan fingerprint density at radius 1 is 1.57 bits per heavy atom. The third kappa shape index (κ3) is 3.78. The van der Waals surface area contributed by atoms with Gasteiger partial charge in [-0.1, -0.05) is 30.1 Å². The van der Waals surface area contributed by atoms with Crippen molar-refractivity contribution in [1.82, 2.24) is 9.88 Å². The lowest BCUT2D eigenvalue weighted by molar-refractivity contribution is 0.0594. The number of methoxy groups -OCH3 is 1. The van der Waals surface area contributed by atoms with E-state index >= 15 is 0 Å². The van der Waals surface area contributed by atoms with Gasteiger partial charge in [0.2, 0.25) is 0 Å². The molecule has 1 aliphatic rings. The molecule has 1 saturated heterocycles. The molecule has 1 aromatic rings. The minimum absolute atomic E-state index is 0.0351. The summed E-state index contributed by atoms with van der Waals surface area (Å²) < 4.78 is 4.66. The van der Waals surface area contributed by atoms with E-state index in [0.29, 0.717) is 11.7 Å². The van der Waals surface area contributed by atoms with Gasteiger partial charge in [-0.05, 0) is 25.9 Å². The van der Waals surface area contributed by atoms with Crippen LogP contribution in [0.3, 0.4) is 0 Å². The number of carbonyl (C=O) groups is 1. The van der Waals surface area contributed by atoms with Crippen LogP contribution in [0.2, 0.25) is 10.2 Å². The Bertz CT molecular complexity index is 525. The summed E-state index contributed by atoms with van der Waals surface area (Å²) in [6, 6.07) is 2.10. The standard InChI is InChI=1S/C14H19Cl2N3O2/c1-3-19-6-4-5-9(19)8-17-10-7-11(15)18-13(12(10)16)14(20)21-2/h7,9H,3-6,8H2,1-2H3,(H,17,18). The van der Waals surface area contributed by atoms with Crippen LogP contribution in [-0.4, -0.2) is 48.6 Å². The van der Waals surface area contributed by atoms with Crippen LogP contribution in [0.25, 0.3) is 0 Å². The van der Waals surface area contributed by atoms with Gasteiger partial charge in [-0.15, -0.1) is 0 Å². The molecule has 1 unspecified atom stereocenters. The Hall–Kier alpha value is -1.04. The zero-order chi connectivity index (χ0) is 15.4. The second kappa shape index (κ2) is 7.29. The molecular weight excluding hydrogens is 313 g/mol. The first-order valence-corrected chi connectivity index (χ1v) is 7.74. The number of likely N-dealkylation sites (N-methyl/N-ethyl adjacent to an activating group) is 1. The molecular formula is C14H19Cl2N3O2. The van der Waals surface area contributed by atoms with Crippen LogP contribution < -0.4 is 5.32 Å². The van der Waals surface area contributed by atoms with Crippen LogP contribution >= 0.6 is 23.2 Å². The summed E-state index contributed by atoms with van der Waals surface area (Å²) in [4.78, 5) is 18.0. The van der Waals surface area contributed by atoms with Crippen molar-refractivity contribution in [3.05, 3.63) is 21.9 Å². The first-order chi connectivity index (χ1) is 10.1. The van der Waals surface area contributed by atoms with E-state index < -0.39 is 5.97 Å². The molecule has 0 amide bonds. The number of hydrogen-bond donors (Lipinski definition) is 1. The molecule has 1 atom stereocenters. The average Bonchev–Trinajstić information content (AvgIpc) is 2.94. The number of likely N-dealkylation sites (tertiary alicyclic amines) is 1. The van der Waals surface area contributed by atoms with Crippen LogP contribution in [0, 0.1) is 0 Å². The Morgan fingerprint density at radius 3 is 3.00 bits per heavy atom. The molecule has 0 aromatic carbocycles. The van der Waals surface area contributed by atoms with Gasteiger partial charge in [0.1, 0.15) is 5.15 Å². The molecule has 0 bridgehead atoms. The molecule has 2 heterocycles. The van der Waals surface area contributed by atoms with Crippen molar-refractivity contribution in [1.29, 1.82) is 0 Å². The maximum Gasteiger partial charge on any atom is 0.358 e. The summed E-state index contributed by atoms with van der Waals surface area (Å²) in [7, 11) is 1.28. The molecule has 1 N–H and O–H groups in total. The Balaban J connectivity index is 2.13. The Labute approximate surface area is 134 Å².